The average Bonchev–Trinajstić information content (AvgIpc) is 3.09. The van der Waals surface area contributed by atoms with Gasteiger partial charge in [-0.2, -0.15) is 0 Å². The summed E-state index contributed by atoms with van der Waals surface area (Å²) in [5.74, 6) is 0.0441. The van der Waals surface area contributed by atoms with Gasteiger partial charge in [-0.1, -0.05) is 5.16 Å². The van der Waals surface area contributed by atoms with Crippen LogP contribution in [0.15, 0.2) is 17.0 Å². The van der Waals surface area contributed by atoms with Gasteiger partial charge in [0.25, 0.3) is 0 Å². The highest BCUT2D eigenvalue weighted by atomic mass is 19.1. The second kappa shape index (κ2) is 5.91. The van der Waals surface area contributed by atoms with Crippen LogP contribution >= 0.6 is 0 Å². The van der Waals surface area contributed by atoms with E-state index in [9.17, 15) is 9.18 Å². The zero-order chi connectivity index (χ0) is 13.9. The van der Waals surface area contributed by atoms with Crippen molar-refractivity contribution in [2.45, 2.75) is 31.8 Å². The van der Waals surface area contributed by atoms with E-state index >= 15 is 0 Å². The summed E-state index contributed by atoms with van der Waals surface area (Å²) >= 11 is 0. The van der Waals surface area contributed by atoms with Gasteiger partial charge in [-0.3, -0.25) is 14.1 Å². The fourth-order valence-electron chi connectivity index (χ4n) is 3.22. The summed E-state index contributed by atoms with van der Waals surface area (Å²) in [5.41, 5.74) is 1.08. The standard InChI is InChI=1S/C14H20FN3O2/c15-6-11-5-14(19)18(9-11)13-1-3-17(4-2-13)8-12-7-16-20-10-12/h7,10-11,13H,1-6,8-9H2. The number of hydrogen-bond donors (Lipinski definition) is 0. The van der Waals surface area contributed by atoms with Gasteiger partial charge in [0.15, 0.2) is 0 Å². The fraction of sp³-hybridized carbons (Fsp3) is 0.714. The molecule has 1 amide bonds. The van der Waals surface area contributed by atoms with E-state index in [0.29, 0.717) is 13.0 Å². The molecule has 2 fully saturated rings. The number of carbonyl (C=O) groups is 1. The molecule has 0 saturated carbocycles. The maximum absolute atomic E-state index is 12.7. The molecule has 2 saturated heterocycles. The van der Waals surface area contributed by atoms with Crippen molar-refractivity contribution in [1.29, 1.82) is 0 Å². The Hall–Kier alpha value is -1.43. The van der Waals surface area contributed by atoms with E-state index in [4.69, 9.17) is 4.52 Å². The molecule has 3 heterocycles. The first-order valence-corrected chi connectivity index (χ1v) is 7.22. The molecule has 1 aromatic heterocycles. The van der Waals surface area contributed by atoms with Crippen molar-refractivity contribution in [3.05, 3.63) is 18.0 Å². The van der Waals surface area contributed by atoms with Gasteiger partial charge in [-0.25, -0.2) is 0 Å². The molecule has 1 aromatic rings. The summed E-state index contributed by atoms with van der Waals surface area (Å²) in [4.78, 5) is 16.2. The van der Waals surface area contributed by atoms with E-state index < -0.39 is 0 Å². The van der Waals surface area contributed by atoms with Gasteiger partial charge in [0.05, 0.1) is 12.9 Å². The molecule has 0 N–H and O–H groups in total. The van der Waals surface area contributed by atoms with Crippen molar-refractivity contribution < 1.29 is 13.7 Å². The Kier molecular flexibility index (Phi) is 4.00. The van der Waals surface area contributed by atoms with E-state index in [1.54, 1.807) is 12.5 Å². The van der Waals surface area contributed by atoms with Crippen molar-refractivity contribution in [2.24, 2.45) is 5.92 Å². The monoisotopic (exact) mass is 281 g/mol. The number of alkyl halides is 1. The zero-order valence-electron chi connectivity index (χ0n) is 11.5. The highest BCUT2D eigenvalue weighted by Crippen LogP contribution is 2.26. The first kappa shape index (κ1) is 13.5. The predicted molar refractivity (Wildman–Crippen MR) is 70.6 cm³/mol. The van der Waals surface area contributed by atoms with Crippen LogP contribution in [0, 0.1) is 5.92 Å². The van der Waals surface area contributed by atoms with Gasteiger partial charge in [-0.05, 0) is 12.8 Å². The van der Waals surface area contributed by atoms with Gasteiger partial charge < -0.3 is 9.42 Å². The van der Waals surface area contributed by atoms with Crippen molar-refractivity contribution in [2.75, 3.05) is 26.3 Å². The molecular weight excluding hydrogens is 261 g/mol. The molecule has 0 aromatic carbocycles. The van der Waals surface area contributed by atoms with Crippen molar-refractivity contribution in [1.82, 2.24) is 15.0 Å². The first-order valence-electron chi connectivity index (χ1n) is 7.22. The quantitative estimate of drug-likeness (QED) is 0.838. The molecule has 5 nitrogen and oxygen atoms in total. The molecule has 0 radical (unpaired) electrons. The van der Waals surface area contributed by atoms with Crippen LogP contribution in [-0.2, 0) is 11.3 Å². The highest BCUT2D eigenvalue weighted by molar-refractivity contribution is 5.79. The molecule has 3 rings (SSSR count). The number of piperidine rings is 1. The normalized spacial score (nSPS) is 25.6. The SMILES string of the molecule is O=C1CC(CF)CN1C1CCN(Cc2cnoc2)CC1. The number of halogens is 1. The van der Waals surface area contributed by atoms with Crippen LogP contribution in [0.25, 0.3) is 0 Å². The minimum atomic E-state index is -0.380. The summed E-state index contributed by atoms with van der Waals surface area (Å²) in [6.07, 6.45) is 5.73. The third-order valence-corrected chi connectivity index (χ3v) is 4.34. The molecule has 0 bridgehead atoms. The van der Waals surface area contributed by atoms with Gasteiger partial charge in [0.1, 0.15) is 6.26 Å². The van der Waals surface area contributed by atoms with Crippen LogP contribution < -0.4 is 0 Å². The Morgan fingerprint density at radius 3 is 2.80 bits per heavy atom. The summed E-state index contributed by atoms with van der Waals surface area (Å²) in [7, 11) is 0. The number of aromatic nitrogens is 1. The maximum atomic E-state index is 12.7. The Bertz CT molecular complexity index is 443. The lowest BCUT2D eigenvalue weighted by Gasteiger charge is -2.36. The third kappa shape index (κ3) is 2.85. The largest absolute Gasteiger partial charge is 0.364 e. The molecule has 0 aliphatic carbocycles. The Morgan fingerprint density at radius 1 is 1.40 bits per heavy atom. The van der Waals surface area contributed by atoms with Crippen molar-refractivity contribution in [3.63, 3.8) is 0 Å². The lowest BCUT2D eigenvalue weighted by atomic mass is 10.0. The predicted octanol–water partition coefficient (Wildman–Crippen LogP) is 1.46. The number of nitrogens with zero attached hydrogens (tertiary/aromatic N) is 3. The minimum Gasteiger partial charge on any atom is -0.364 e. The number of likely N-dealkylation sites (tertiary alicyclic amines) is 2. The molecule has 0 spiro atoms. The fourth-order valence-corrected chi connectivity index (χ4v) is 3.22. The van der Waals surface area contributed by atoms with Crippen LogP contribution in [0.1, 0.15) is 24.8 Å². The third-order valence-electron chi connectivity index (χ3n) is 4.34. The molecule has 6 heteroatoms. The summed E-state index contributed by atoms with van der Waals surface area (Å²) < 4.78 is 17.5. The molecule has 110 valence electrons. The summed E-state index contributed by atoms with van der Waals surface area (Å²) in [5, 5.41) is 3.70. The lowest BCUT2D eigenvalue weighted by Crippen LogP contribution is -2.45. The van der Waals surface area contributed by atoms with Crippen LogP contribution in [0.5, 0.6) is 0 Å². The molecular formula is C14H20FN3O2. The van der Waals surface area contributed by atoms with Crippen LogP contribution in [-0.4, -0.2) is 53.2 Å². The van der Waals surface area contributed by atoms with E-state index in [0.717, 1.165) is 38.0 Å². The zero-order valence-corrected chi connectivity index (χ0v) is 11.5. The second-order valence-electron chi connectivity index (χ2n) is 5.81. The first-order chi connectivity index (χ1) is 9.76. The molecule has 1 atom stereocenters. The molecule has 2 aliphatic heterocycles. The topological polar surface area (TPSA) is 49.6 Å². The van der Waals surface area contributed by atoms with Gasteiger partial charge >= 0.3 is 0 Å². The van der Waals surface area contributed by atoms with E-state index in [1.165, 1.54) is 0 Å². The maximum Gasteiger partial charge on any atom is 0.223 e. The average molecular weight is 281 g/mol. The molecule has 2 aliphatic rings. The van der Waals surface area contributed by atoms with Gasteiger partial charge in [0, 0.05) is 50.1 Å². The van der Waals surface area contributed by atoms with Gasteiger partial charge in [-0.15, -0.1) is 0 Å². The number of amides is 1. The highest BCUT2D eigenvalue weighted by Gasteiger charge is 2.35. The molecule has 1 unspecified atom stereocenters. The Labute approximate surface area is 117 Å². The van der Waals surface area contributed by atoms with Crippen LogP contribution in [0.4, 0.5) is 4.39 Å². The van der Waals surface area contributed by atoms with Crippen LogP contribution in [0.3, 0.4) is 0 Å². The number of carbonyl (C=O) groups excluding carboxylic acids is 1. The van der Waals surface area contributed by atoms with Gasteiger partial charge in [0.2, 0.25) is 5.91 Å². The van der Waals surface area contributed by atoms with E-state index in [-0.39, 0.29) is 24.5 Å². The second-order valence-corrected chi connectivity index (χ2v) is 5.81. The molecule has 20 heavy (non-hydrogen) atoms. The smallest absolute Gasteiger partial charge is 0.223 e. The minimum absolute atomic E-state index is 0.0856. The van der Waals surface area contributed by atoms with Crippen molar-refractivity contribution >= 4 is 5.91 Å². The van der Waals surface area contributed by atoms with E-state index in [2.05, 4.69) is 10.1 Å². The Balaban J connectivity index is 1.50. The Morgan fingerprint density at radius 2 is 2.20 bits per heavy atom. The number of rotatable bonds is 4. The number of hydrogen-bond acceptors (Lipinski definition) is 4. The summed E-state index contributed by atoms with van der Waals surface area (Å²) in [6.45, 7) is 2.98. The van der Waals surface area contributed by atoms with Crippen molar-refractivity contribution in [3.8, 4) is 0 Å². The van der Waals surface area contributed by atoms with Crippen LogP contribution in [0.2, 0.25) is 0 Å². The van der Waals surface area contributed by atoms with E-state index in [1.807, 2.05) is 4.90 Å². The lowest BCUT2D eigenvalue weighted by molar-refractivity contribution is -0.130. The summed E-state index contributed by atoms with van der Waals surface area (Å²) in [6, 6.07) is 0.290.